The second-order valence-electron chi connectivity index (χ2n) is 4.11. The molecule has 1 N–H and O–H groups in total. The molecule has 1 aromatic rings. The minimum atomic E-state index is 0.505. The molecule has 0 amide bonds. The van der Waals surface area contributed by atoms with Crippen LogP contribution in [0.1, 0.15) is 19.4 Å². The normalized spacial score (nSPS) is 12.2. The SMILES string of the molecule is CNCC(=Cc1cc(Cl)cc(Cl)c1)C(C)C. The van der Waals surface area contributed by atoms with Crippen LogP contribution in [0.25, 0.3) is 6.08 Å². The van der Waals surface area contributed by atoms with Crippen LogP contribution in [0.15, 0.2) is 23.8 Å². The van der Waals surface area contributed by atoms with Crippen LogP contribution in [0.4, 0.5) is 0 Å². The molecule has 0 saturated heterocycles. The lowest BCUT2D eigenvalue weighted by Gasteiger charge is -2.11. The Morgan fingerprint density at radius 1 is 1.25 bits per heavy atom. The van der Waals surface area contributed by atoms with Crippen molar-refractivity contribution < 1.29 is 0 Å². The standard InChI is InChI=1S/C13H17Cl2N/c1-9(2)11(8-16-3)4-10-5-12(14)7-13(15)6-10/h4-7,9,16H,8H2,1-3H3. The van der Waals surface area contributed by atoms with Crippen molar-refractivity contribution in [2.45, 2.75) is 13.8 Å². The van der Waals surface area contributed by atoms with Crippen LogP contribution >= 0.6 is 23.2 Å². The van der Waals surface area contributed by atoms with Crippen LogP contribution < -0.4 is 5.32 Å². The smallest absolute Gasteiger partial charge is 0.0426 e. The number of halogens is 2. The van der Waals surface area contributed by atoms with Crippen molar-refractivity contribution in [1.29, 1.82) is 0 Å². The van der Waals surface area contributed by atoms with Crippen LogP contribution in [0.5, 0.6) is 0 Å². The van der Waals surface area contributed by atoms with Crippen molar-refractivity contribution in [3.8, 4) is 0 Å². The number of benzene rings is 1. The van der Waals surface area contributed by atoms with Gasteiger partial charge in [-0.3, -0.25) is 0 Å². The van der Waals surface area contributed by atoms with Gasteiger partial charge in [0.2, 0.25) is 0 Å². The van der Waals surface area contributed by atoms with Gasteiger partial charge >= 0.3 is 0 Å². The van der Waals surface area contributed by atoms with E-state index in [1.165, 1.54) is 5.57 Å². The first-order valence-corrected chi connectivity index (χ1v) is 6.09. The molecule has 3 heteroatoms. The highest BCUT2D eigenvalue weighted by molar-refractivity contribution is 6.34. The molecule has 1 nitrogen and oxygen atoms in total. The van der Waals surface area contributed by atoms with Crippen molar-refractivity contribution in [2.24, 2.45) is 5.92 Å². The molecule has 0 saturated carbocycles. The Hall–Kier alpha value is -0.500. The molecule has 88 valence electrons. The van der Waals surface area contributed by atoms with E-state index < -0.39 is 0 Å². The maximum Gasteiger partial charge on any atom is 0.0426 e. The van der Waals surface area contributed by atoms with Gasteiger partial charge in [0.15, 0.2) is 0 Å². The van der Waals surface area contributed by atoms with Crippen LogP contribution in [-0.4, -0.2) is 13.6 Å². The van der Waals surface area contributed by atoms with E-state index in [1.807, 2.05) is 19.2 Å². The summed E-state index contributed by atoms with van der Waals surface area (Å²) in [4.78, 5) is 0. The molecule has 0 aliphatic rings. The summed E-state index contributed by atoms with van der Waals surface area (Å²) in [6, 6.07) is 5.59. The summed E-state index contributed by atoms with van der Waals surface area (Å²) in [5.74, 6) is 0.505. The molecule has 0 aliphatic carbocycles. The van der Waals surface area contributed by atoms with Gasteiger partial charge in [-0.05, 0) is 36.7 Å². The van der Waals surface area contributed by atoms with Crippen molar-refractivity contribution in [2.75, 3.05) is 13.6 Å². The van der Waals surface area contributed by atoms with Crippen molar-refractivity contribution in [3.05, 3.63) is 39.4 Å². The summed E-state index contributed by atoms with van der Waals surface area (Å²) in [5.41, 5.74) is 2.39. The van der Waals surface area contributed by atoms with Crippen molar-refractivity contribution >= 4 is 29.3 Å². The second-order valence-corrected chi connectivity index (χ2v) is 4.98. The molecule has 0 aliphatic heterocycles. The first-order chi connectivity index (χ1) is 7.52. The Bertz CT molecular complexity index is 363. The highest BCUT2D eigenvalue weighted by Crippen LogP contribution is 2.22. The maximum atomic E-state index is 5.96. The number of hydrogen-bond acceptors (Lipinski definition) is 1. The van der Waals surface area contributed by atoms with E-state index in [-0.39, 0.29) is 0 Å². The van der Waals surface area contributed by atoms with E-state index >= 15 is 0 Å². The third kappa shape index (κ3) is 4.17. The first kappa shape index (κ1) is 13.6. The van der Waals surface area contributed by atoms with Crippen LogP contribution in [-0.2, 0) is 0 Å². The molecule has 0 spiro atoms. The summed E-state index contributed by atoms with van der Waals surface area (Å²) >= 11 is 11.9. The molecular formula is C13H17Cl2N. The number of hydrogen-bond donors (Lipinski definition) is 1. The molecule has 1 aromatic carbocycles. The lowest BCUT2D eigenvalue weighted by Crippen LogP contribution is -2.13. The Balaban J connectivity index is 3.02. The average Bonchev–Trinajstić information content (AvgIpc) is 2.15. The Morgan fingerprint density at radius 3 is 2.25 bits per heavy atom. The molecule has 0 radical (unpaired) electrons. The van der Waals surface area contributed by atoms with Gasteiger partial charge in [0, 0.05) is 16.6 Å². The monoisotopic (exact) mass is 257 g/mol. The zero-order valence-electron chi connectivity index (χ0n) is 9.85. The molecule has 0 aromatic heterocycles. The molecule has 0 atom stereocenters. The van der Waals surface area contributed by atoms with E-state index in [4.69, 9.17) is 23.2 Å². The molecular weight excluding hydrogens is 241 g/mol. The van der Waals surface area contributed by atoms with Crippen LogP contribution in [0.2, 0.25) is 10.0 Å². The van der Waals surface area contributed by atoms with Gasteiger partial charge in [0.1, 0.15) is 0 Å². The zero-order valence-corrected chi connectivity index (χ0v) is 11.4. The van der Waals surface area contributed by atoms with Crippen molar-refractivity contribution in [1.82, 2.24) is 5.32 Å². The number of rotatable bonds is 4. The zero-order chi connectivity index (χ0) is 12.1. The largest absolute Gasteiger partial charge is 0.316 e. The fraction of sp³-hybridized carbons (Fsp3) is 0.385. The minimum absolute atomic E-state index is 0.505. The maximum absolute atomic E-state index is 5.96. The molecule has 0 unspecified atom stereocenters. The van der Waals surface area contributed by atoms with E-state index in [9.17, 15) is 0 Å². The summed E-state index contributed by atoms with van der Waals surface area (Å²) in [6.45, 7) is 5.23. The van der Waals surface area contributed by atoms with Gasteiger partial charge in [0.05, 0.1) is 0 Å². The summed E-state index contributed by atoms with van der Waals surface area (Å²) in [7, 11) is 1.95. The predicted octanol–water partition coefficient (Wildman–Crippen LogP) is 4.25. The van der Waals surface area contributed by atoms with E-state index in [0.717, 1.165) is 12.1 Å². The van der Waals surface area contributed by atoms with Crippen molar-refractivity contribution in [3.63, 3.8) is 0 Å². The summed E-state index contributed by atoms with van der Waals surface area (Å²) < 4.78 is 0. The van der Waals surface area contributed by atoms with Gasteiger partial charge in [-0.15, -0.1) is 0 Å². The van der Waals surface area contributed by atoms with Gasteiger partial charge < -0.3 is 5.32 Å². The minimum Gasteiger partial charge on any atom is -0.316 e. The van der Waals surface area contributed by atoms with E-state index in [0.29, 0.717) is 16.0 Å². The van der Waals surface area contributed by atoms with E-state index in [2.05, 4.69) is 25.2 Å². The van der Waals surface area contributed by atoms with Gasteiger partial charge in [-0.25, -0.2) is 0 Å². The third-order valence-corrected chi connectivity index (χ3v) is 2.80. The van der Waals surface area contributed by atoms with Gasteiger partial charge in [-0.1, -0.05) is 48.7 Å². The quantitative estimate of drug-likeness (QED) is 0.851. The fourth-order valence-corrected chi connectivity index (χ4v) is 2.04. The topological polar surface area (TPSA) is 12.0 Å². The summed E-state index contributed by atoms with van der Waals surface area (Å²) in [6.07, 6.45) is 2.14. The number of nitrogens with one attached hydrogen (secondary N) is 1. The van der Waals surface area contributed by atoms with Gasteiger partial charge in [0.25, 0.3) is 0 Å². The Morgan fingerprint density at radius 2 is 1.81 bits per heavy atom. The Labute approximate surface area is 107 Å². The highest BCUT2D eigenvalue weighted by atomic mass is 35.5. The molecule has 0 heterocycles. The van der Waals surface area contributed by atoms with Gasteiger partial charge in [-0.2, -0.15) is 0 Å². The fourth-order valence-electron chi connectivity index (χ4n) is 1.50. The lowest BCUT2D eigenvalue weighted by molar-refractivity contribution is 0.713. The molecule has 0 fully saturated rings. The first-order valence-electron chi connectivity index (χ1n) is 5.34. The van der Waals surface area contributed by atoms with Crippen LogP contribution in [0, 0.1) is 5.92 Å². The van der Waals surface area contributed by atoms with E-state index in [1.54, 1.807) is 6.07 Å². The molecule has 1 rings (SSSR count). The third-order valence-electron chi connectivity index (χ3n) is 2.36. The molecule has 16 heavy (non-hydrogen) atoms. The second kappa shape index (κ2) is 6.29. The van der Waals surface area contributed by atoms with Crippen LogP contribution in [0.3, 0.4) is 0 Å². The average molecular weight is 258 g/mol. The predicted molar refractivity (Wildman–Crippen MR) is 73.2 cm³/mol. The lowest BCUT2D eigenvalue weighted by atomic mass is 10.0. The molecule has 0 bridgehead atoms. The summed E-state index contributed by atoms with van der Waals surface area (Å²) in [5, 5.41) is 4.51. The highest BCUT2D eigenvalue weighted by Gasteiger charge is 2.03. The number of likely N-dealkylation sites (N-methyl/N-ethyl adjacent to an activating group) is 1. The Kier molecular flexibility index (Phi) is 5.33.